The zero-order chi connectivity index (χ0) is 26.4. The van der Waals surface area contributed by atoms with E-state index < -0.39 is 35.1 Å². The Labute approximate surface area is 212 Å². The van der Waals surface area contributed by atoms with Crippen molar-refractivity contribution in [2.24, 2.45) is 17.8 Å². The molecule has 3 fully saturated rings. The number of nitrogens with one attached hydrogen (secondary N) is 2. The molecule has 2 unspecified atom stereocenters. The molecule has 1 aromatic rings. The number of rotatable bonds is 9. The molecule has 1 aromatic carbocycles. The number of ether oxygens (including phenoxy) is 2. The molecule has 3 heterocycles. The van der Waals surface area contributed by atoms with E-state index in [1.165, 1.54) is 4.90 Å². The quantitative estimate of drug-likeness (QED) is 0.478. The average Bonchev–Trinajstić information content (AvgIpc) is 3.36. The summed E-state index contributed by atoms with van der Waals surface area (Å²) in [4.78, 5) is 42.8. The zero-order valence-corrected chi connectivity index (χ0v) is 22.0. The van der Waals surface area contributed by atoms with Crippen LogP contribution in [0.15, 0.2) is 24.3 Å². The first-order chi connectivity index (χ1) is 17.0. The predicted molar refractivity (Wildman–Crippen MR) is 134 cm³/mol. The number of aliphatic hydroxyl groups excluding tert-OH is 1. The van der Waals surface area contributed by atoms with Crippen LogP contribution in [0.1, 0.15) is 54.4 Å². The van der Waals surface area contributed by atoms with Gasteiger partial charge in [-0.2, -0.15) is 0 Å². The van der Waals surface area contributed by atoms with Gasteiger partial charge in [0.15, 0.2) is 0 Å². The van der Waals surface area contributed by atoms with Gasteiger partial charge in [-0.05, 0) is 70.7 Å². The monoisotopic (exact) mass is 501 g/mol. The maximum absolute atomic E-state index is 14.1. The predicted octanol–water partition coefficient (Wildman–Crippen LogP) is 2.33. The summed E-state index contributed by atoms with van der Waals surface area (Å²) in [6.45, 7) is 11.6. The molecular weight excluding hydrogens is 462 g/mol. The van der Waals surface area contributed by atoms with Crippen LogP contribution in [0.4, 0.5) is 5.69 Å². The molecule has 0 aromatic heterocycles. The molecule has 6 atom stereocenters. The van der Waals surface area contributed by atoms with Gasteiger partial charge in [0.2, 0.25) is 17.7 Å². The third kappa shape index (κ3) is 4.16. The van der Waals surface area contributed by atoms with E-state index in [-0.39, 0.29) is 36.3 Å². The van der Waals surface area contributed by atoms with Crippen LogP contribution in [0.2, 0.25) is 0 Å². The van der Waals surface area contributed by atoms with Crippen molar-refractivity contribution in [3.63, 3.8) is 0 Å². The minimum Gasteiger partial charge on any atom is -0.494 e. The van der Waals surface area contributed by atoms with Crippen LogP contribution in [-0.2, 0) is 19.1 Å². The first-order valence-corrected chi connectivity index (χ1v) is 13.0. The topological polar surface area (TPSA) is 117 Å². The lowest BCUT2D eigenvalue weighted by atomic mass is 9.66. The number of anilines is 1. The number of hydrogen-bond donors (Lipinski definition) is 3. The molecule has 36 heavy (non-hydrogen) atoms. The maximum Gasteiger partial charge on any atom is 0.246 e. The van der Waals surface area contributed by atoms with Crippen LogP contribution >= 0.6 is 0 Å². The van der Waals surface area contributed by atoms with E-state index in [9.17, 15) is 19.5 Å². The Morgan fingerprint density at radius 1 is 1.17 bits per heavy atom. The van der Waals surface area contributed by atoms with E-state index in [1.54, 1.807) is 24.3 Å². The summed E-state index contributed by atoms with van der Waals surface area (Å²) < 4.78 is 12.1. The molecule has 3 aliphatic rings. The number of carbonyl (C=O) groups is 3. The van der Waals surface area contributed by atoms with Gasteiger partial charge in [-0.1, -0.05) is 13.8 Å². The third-order valence-electron chi connectivity index (χ3n) is 7.92. The first-order valence-electron chi connectivity index (χ1n) is 13.0. The van der Waals surface area contributed by atoms with Crippen molar-refractivity contribution in [2.45, 2.75) is 83.7 Å². The number of amides is 3. The number of likely N-dealkylation sites (tertiary alicyclic amines) is 1. The van der Waals surface area contributed by atoms with Crippen molar-refractivity contribution in [1.82, 2.24) is 10.2 Å². The lowest BCUT2D eigenvalue weighted by Gasteiger charge is -2.38. The van der Waals surface area contributed by atoms with E-state index in [0.29, 0.717) is 30.9 Å². The van der Waals surface area contributed by atoms with Gasteiger partial charge >= 0.3 is 0 Å². The van der Waals surface area contributed by atoms with Gasteiger partial charge in [0.25, 0.3) is 0 Å². The highest BCUT2D eigenvalue weighted by Gasteiger charge is 2.78. The SMILES string of the molecule is CCOc1ccc(NC(=O)[C@@H]2[C@H]3C(=O)N([C@@H](CO)C(C)C)C(C(=O)NC(C)C)C34CC[C@@]2(C)O4)cc1. The number of hydrogen-bond acceptors (Lipinski definition) is 6. The van der Waals surface area contributed by atoms with Crippen molar-refractivity contribution in [1.29, 1.82) is 0 Å². The van der Waals surface area contributed by atoms with Gasteiger partial charge in [-0.15, -0.1) is 0 Å². The molecule has 3 amide bonds. The van der Waals surface area contributed by atoms with Crippen LogP contribution in [-0.4, -0.2) is 70.3 Å². The van der Waals surface area contributed by atoms with Crippen molar-refractivity contribution in [3.05, 3.63) is 24.3 Å². The highest BCUT2D eigenvalue weighted by Crippen LogP contribution is 2.63. The van der Waals surface area contributed by atoms with Gasteiger partial charge in [0.05, 0.1) is 36.7 Å². The van der Waals surface area contributed by atoms with Gasteiger partial charge in [0.1, 0.15) is 17.4 Å². The van der Waals surface area contributed by atoms with Crippen LogP contribution in [0.5, 0.6) is 5.75 Å². The fraction of sp³-hybridized carbons (Fsp3) is 0.667. The Morgan fingerprint density at radius 2 is 1.83 bits per heavy atom. The molecule has 0 aliphatic carbocycles. The molecule has 9 nitrogen and oxygen atoms in total. The molecule has 1 spiro atoms. The average molecular weight is 502 g/mol. The molecule has 0 radical (unpaired) electrons. The summed E-state index contributed by atoms with van der Waals surface area (Å²) in [5.41, 5.74) is -1.39. The Kier molecular flexibility index (Phi) is 7.09. The molecule has 3 N–H and O–H groups in total. The standard InChI is InChI=1S/C27H39N3O6/c1-7-35-18-10-8-17(9-11-18)29-23(32)20-21-25(34)30(19(14-31)15(2)3)22(24(33)28-16(4)5)27(21)13-12-26(20,6)36-27/h8-11,15-16,19-22,31H,7,12-14H2,1-6H3,(H,28,33)(H,29,32)/t19-,20-,21-,22?,26+,27?/m0/s1. The normalized spacial score (nSPS) is 31.6. The Hall–Kier alpha value is -2.65. The molecule has 3 aliphatic heterocycles. The summed E-state index contributed by atoms with van der Waals surface area (Å²) in [6.07, 6.45) is 1.05. The molecule has 2 bridgehead atoms. The molecule has 4 rings (SSSR count). The van der Waals surface area contributed by atoms with Crippen LogP contribution in [0.3, 0.4) is 0 Å². The van der Waals surface area contributed by atoms with Crippen molar-refractivity contribution in [2.75, 3.05) is 18.5 Å². The zero-order valence-electron chi connectivity index (χ0n) is 22.0. The number of aliphatic hydroxyl groups is 1. The van der Waals surface area contributed by atoms with Crippen molar-refractivity contribution >= 4 is 23.4 Å². The Balaban J connectivity index is 1.70. The summed E-state index contributed by atoms with van der Waals surface area (Å²) >= 11 is 0. The van der Waals surface area contributed by atoms with Gasteiger partial charge < -0.3 is 30.1 Å². The fourth-order valence-corrected chi connectivity index (χ4v) is 6.43. The lowest BCUT2D eigenvalue weighted by molar-refractivity contribution is -0.150. The van der Waals surface area contributed by atoms with E-state index >= 15 is 0 Å². The summed E-state index contributed by atoms with van der Waals surface area (Å²) in [5.74, 6) is -1.89. The van der Waals surface area contributed by atoms with Crippen molar-refractivity contribution in [3.8, 4) is 5.75 Å². The third-order valence-corrected chi connectivity index (χ3v) is 7.92. The highest BCUT2D eigenvalue weighted by atomic mass is 16.5. The van der Waals surface area contributed by atoms with Gasteiger partial charge in [0, 0.05) is 11.7 Å². The minimum atomic E-state index is -1.12. The minimum absolute atomic E-state index is 0.0903. The molecule has 9 heteroatoms. The molecule has 0 saturated carbocycles. The van der Waals surface area contributed by atoms with E-state index in [4.69, 9.17) is 9.47 Å². The van der Waals surface area contributed by atoms with E-state index in [0.717, 1.165) is 0 Å². The first kappa shape index (κ1) is 26.4. The second-order valence-electron chi connectivity index (χ2n) is 11.1. The van der Waals surface area contributed by atoms with Crippen LogP contribution in [0.25, 0.3) is 0 Å². The van der Waals surface area contributed by atoms with E-state index in [2.05, 4.69) is 10.6 Å². The maximum atomic E-state index is 14.1. The summed E-state index contributed by atoms with van der Waals surface area (Å²) in [7, 11) is 0. The lowest BCUT2D eigenvalue weighted by Crippen LogP contribution is -2.59. The van der Waals surface area contributed by atoms with Crippen molar-refractivity contribution < 1.29 is 29.0 Å². The second-order valence-corrected chi connectivity index (χ2v) is 11.1. The highest BCUT2D eigenvalue weighted by molar-refractivity contribution is 6.02. The van der Waals surface area contributed by atoms with Gasteiger partial charge in [-0.3, -0.25) is 14.4 Å². The molecule has 198 valence electrons. The number of fused-ring (bicyclic) bond motifs is 1. The summed E-state index contributed by atoms with van der Waals surface area (Å²) in [6, 6.07) is 5.47. The summed E-state index contributed by atoms with van der Waals surface area (Å²) in [5, 5.41) is 16.1. The number of benzene rings is 1. The van der Waals surface area contributed by atoms with E-state index in [1.807, 2.05) is 41.5 Å². The molecular formula is C27H39N3O6. The van der Waals surface area contributed by atoms with Crippen LogP contribution in [0, 0.1) is 17.8 Å². The Morgan fingerprint density at radius 3 is 2.39 bits per heavy atom. The van der Waals surface area contributed by atoms with Crippen LogP contribution < -0.4 is 15.4 Å². The largest absolute Gasteiger partial charge is 0.494 e. The second kappa shape index (κ2) is 9.67. The number of carbonyl (C=O) groups excluding carboxylic acids is 3. The smallest absolute Gasteiger partial charge is 0.246 e. The molecule has 3 saturated heterocycles. The number of nitrogens with zero attached hydrogens (tertiary/aromatic N) is 1. The van der Waals surface area contributed by atoms with Gasteiger partial charge in [-0.25, -0.2) is 0 Å². The fourth-order valence-electron chi connectivity index (χ4n) is 6.43. The Bertz CT molecular complexity index is 1010.